The number of aromatic nitrogens is 2. The number of ether oxygens (including phenoxy) is 1. The minimum absolute atomic E-state index is 0.111. The summed E-state index contributed by atoms with van der Waals surface area (Å²) in [7, 11) is 0. The van der Waals surface area contributed by atoms with Crippen molar-refractivity contribution in [3.8, 4) is 5.75 Å². The maximum atomic E-state index is 12.0. The first-order valence-corrected chi connectivity index (χ1v) is 10.8. The average Bonchev–Trinajstić information content (AvgIpc) is 3.24. The van der Waals surface area contributed by atoms with Crippen LogP contribution >= 0.6 is 23.4 Å². The Morgan fingerprint density at radius 1 is 0.968 bits per heavy atom. The lowest BCUT2D eigenvalue weighted by molar-refractivity contribution is 0.252. The molecule has 154 valence electrons. The van der Waals surface area contributed by atoms with Crippen LogP contribution < -0.4 is 10.4 Å². The Balaban J connectivity index is 1.36. The molecule has 31 heavy (non-hydrogen) atoms. The molecule has 0 N–H and O–H groups in total. The highest BCUT2D eigenvalue weighted by Crippen LogP contribution is 2.31. The molecule has 0 aliphatic carbocycles. The quantitative estimate of drug-likeness (QED) is 0.182. The Kier molecular flexibility index (Phi) is 5.36. The molecule has 0 fully saturated rings. The van der Waals surface area contributed by atoms with E-state index in [1.54, 1.807) is 12.1 Å². The van der Waals surface area contributed by atoms with E-state index in [2.05, 4.69) is 10.2 Å². The van der Waals surface area contributed by atoms with Gasteiger partial charge in [-0.15, -0.1) is 10.2 Å². The second-order valence-electron chi connectivity index (χ2n) is 6.72. The third-order valence-electron chi connectivity index (χ3n) is 4.70. The van der Waals surface area contributed by atoms with Gasteiger partial charge in [-0.25, -0.2) is 4.79 Å². The van der Waals surface area contributed by atoms with Gasteiger partial charge in [0.2, 0.25) is 0 Å². The van der Waals surface area contributed by atoms with Gasteiger partial charge in [-0.05, 0) is 34.5 Å². The molecule has 0 atom stereocenters. The minimum atomic E-state index is -0.391. The number of para-hydroxylation sites is 1. The van der Waals surface area contributed by atoms with Gasteiger partial charge in [0.15, 0.2) is 6.61 Å². The molecular formula is C23H15ClN2O4S. The SMILES string of the molecule is O=c1cc(CSc2nnc(COc3ccccc3Cl)o2)c2c(ccc3ccccc32)o1. The predicted octanol–water partition coefficient (Wildman–Crippen LogP) is 5.85. The van der Waals surface area contributed by atoms with Crippen molar-refractivity contribution >= 4 is 45.1 Å². The molecule has 0 aliphatic rings. The van der Waals surface area contributed by atoms with Crippen molar-refractivity contribution in [2.24, 2.45) is 0 Å². The lowest BCUT2D eigenvalue weighted by Crippen LogP contribution is -2.00. The third-order valence-corrected chi connectivity index (χ3v) is 5.88. The standard InChI is InChI=1S/C23H15ClN2O4S/c24-17-7-3-4-8-18(17)28-12-20-25-26-23(30-20)31-13-15-11-21(27)29-19-10-9-14-5-1-2-6-16(14)22(15)19/h1-11H,12-13H2. The molecule has 0 saturated carbocycles. The molecule has 2 aromatic heterocycles. The molecule has 0 spiro atoms. The summed E-state index contributed by atoms with van der Waals surface area (Å²) in [5.41, 5.74) is 1.01. The van der Waals surface area contributed by atoms with E-state index in [1.165, 1.54) is 17.8 Å². The highest BCUT2D eigenvalue weighted by atomic mass is 35.5. The summed E-state index contributed by atoms with van der Waals surface area (Å²) in [6.07, 6.45) is 0. The van der Waals surface area contributed by atoms with Crippen molar-refractivity contribution in [3.63, 3.8) is 0 Å². The summed E-state index contributed by atoms with van der Waals surface area (Å²) in [4.78, 5) is 12.0. The van der Waals surface area contributed by atoms with Gasteiger partial charge in [-0.2, -0.15) is 0 Å². The summed E-state index contributed by atoms with van der Waals surface area (Å²) < 4.78 is 16.7. The first-order valence-electron chi connectivity index (χ1n) is 9.44. The molecule has 8 heteroatoms. The Hall–Kier alpha value is -3.29. The lowest BCUT2D eigenvalue weighted by atomic mass is 10.0. The van der Waals surface area contributed by atoms with Crippen molar-refractivity contribution in [1.29, 1.82) is 0 Å². The van der Waals surface area contributed by atoms with E-state index < -0.39 is 5.63 Å². The van der Waals surface area contributed by atoms with Crippen molar-refractivity contribution in [1.82, 2.24) is 10.2 Å². The molecule has 5 aromatic rings. The molecule has 3 aromatic carbocycles. The maximum Gasteiger partial charge on any atom is 0.336 e. The van der Waals surface area contributed by atoms with E-state index in [0.717, 1.165) is 21.7 Å². The van der Waals surface area contributed by atoms with Crippen LogP contribution in [0.15, 0.2) is 85.6 Å². The number of nitrogens with zero attached hydrogens (tertiary/aromatic N) is 2. The fourth-order valence-corrected chi connectivity index (χ4v) is 4.28. The van der Waals surface area contributed by atoms with Gasteiger partial charge >= 0.3 is 5.63 Å². The average molecular weight is 451 g/mol. The zero-order chi connectivity index (χ0) is 21.2. The topological polar surface area (TPSA) is 78.4 Å². The molecule has 0 aliphatic heterocycles. The second-order valence-corrected chi connectivity index (χ2v) is 8.05. The molecule has 0 unspecified atom stereocenters. The second kappa shape index (κ2) is 8.45. The molecule has 6 nitrogen and oxygen atoms in total. The van der Waals surface area contributed by atoms with Crippen LogP contribution in [0, 0.1) is 0 Å². The third kappa shape index (κ3) is 4.15. The minimum Gasteiger partial charge on any atom is -0.482 e. The van der Waals surface area contributed by atoms with Gasteiger partial charge in [0.05, 0.1) is 5.02 Å². The van der Waals surface area contributed by atoms with Gasteiger partial charge in [0.25, 0.3) is 11.1 Å². The zero-order valence-electron chi connectivity index (χ0n) is 16.1. The number of halogens is 1. The van der Waals surface area contributed by atoms with E-state index in [1.807, 2.05) is 48.5 Å². The molecule has 0 bridgehead atoms. The smallest absolute Gasteiger partial charge is 0.336 e. The molecule has 0 amide bonds. The van der Waals surface area contributed by atoms with Gasteiger partial charge in [0.1, 0.15) is 11.3 Å². The first kappa shape index (κ1) is 19.7. The molecule has 2 heterocycles. The van der Waals surface area contributed by atoms with E-state index in [-0.39, 0.29) is 6.61 Å². The molecular weight excluding hydrogens is 436 g/mol. The lowest BCUT2D eigenvalue weighted by Gasteiger charge is -2.07. The van der Waals surface area contributed by atoms with Gasteiger partial charge in [-0.1, -0.05) is 65.8 Å². The summed E-state index contributed by atoms with van der Waals surface area (Å²) in [6, 6.07) is 20.4. The Bertz CT molecular complexity index is 1450. The Morgan fingerprint density at radius 2 is 1.81 bits per heavy atom. The van der Waals surface area contributed by atoms with Crippen molar-refractivity contribution in [2.45, 2.75) is 17.6 Å². The van der Waals surface area contributed by atoms with Crippen molar-refractivity contribution < 1.29 is 13.6 Å². The van der Waals surface area contributed by atoms with Crippen molar-refractivity contribution in [2.75, 3.05) is 0 Å². The van der Waals surface area contributed by atoms with E-state index >= 15 is 0 Å². The van der Waals surface area contributed by atoms with Crippen LogP contribution in [0.3, 0.4) is 0 Å². The fraction of sp³-hybridized carbons (Fsp3) is 0.0870. The Labute approximate surface area is 185 Å². The summed E-state index contributed by atoms with van der Waals surface area (Å²) in [5.74, 6) is 1.36. The summed E-state index contributed by atoms with van der Waals surface area (Å²) in [6.45, 7) is 0.111. The first-order chi connectivity index (χ1) is 15.2. The Morgan fingerprint density at radius 3 is 2.71 bits per heavy atom. The number of hydrogen-bond donors (Lipinski definition) is 0. The van der Waals surface area contributed by atoms with Crippen LogP contribution in [0.5, 0.6) is 5.75 Å². The van der Waals surface area contributed by atoms with E-state index in [0.29, 0.717) is 33.2 Å². The van der Waals surface area contributed by atoms with E-state index in [9.17, 15) is 4.79 Å². The number of hydrogen-bond acceptors (Lipinski definition) is 7. The predicted molar refractivity (Wildman–Crippen MR) is 120 cm³/mol. The highest BCUT2D eigenvalue weighted by molar-refractivity contribution is 7.98. The number of fused-ring (bicyclic) bond motifs is 3. The number of rotatable bonds is 6. The van der Waals surface area contributed by atoms with Gasteiger partial charge in [0, 0.05) is 17.2 Å². The monoisotopic (exact) mass is 450 g/mol. The van der Waals surface area contributed by atoms with Crippen LogP contribution in [0.1, 0.15) is 11.5 Å². The van der Waals surface area contributed by atoms with Crippen molar-refractivity contribution in [3.05, 3.63) is 93.6 Å². The normalized spacial score (nSPS) is 11.3. The van der Waals surface area contributed by atoms with Gasteiger partial charge < -0.3 is 13.6 Å². The molecule has 5 rings (SSSR count). The maximum absolute atomic E-state index is 12.0. The molecule has 0 radical (unpaired) electrons. The summed E-state index contributed by atoms with van der Waals surface area (Å²) >= 11 is 7.44. The number of benzene rings is 3. The highest BCUT2D eigenvalue weighted by Gasteiger charge is 2.13. The van der Waals surface area contributed by atoms with Gasteiger partial charge in [-0.3, -0.25) is 0 Å². The summed E-state index contributed by atoms with van der Waals surface area (Å²) in [5, 5.41) is 12.0. The zero-order valence-corrected chi connectivity index (χ0v) is 17.7. The fourth-order valence-electron chi connectivity index (χ4n) is 3.33. The van der Waals surface area contributed by atoms with Crippen LogP contribution in [0.2, 0.25) is 5.02 Å². The van der Waals surface area contributed by atoms with Crippen LogP contribution in [0.25, 0.3) is 21.7 Å². The number of thioether (sulfide) groups is 1. The van der Waals surface area contributed by atoms with E-state index in [4.69, 9.17) is 25.2 Å². The molecule has 0 saturated heterocycles. The van der Waals surface area contributed by atoms with Crippen LogP contribution in [0.4, 0.5) is 0 Å². The van der Waals surface area contributed by atoms with Crippen LogP contribution in [-0.2, 0) is 12.4 Å². The van der Waals surface area contributed by atoms with Crippen LogP contribution in [-0.4, -0.2) is 10.2 Å². The largest absolute Gasteiger partial charge is 0.482 e.